The normalized spacial score (nSPS) is 10.5. The van der Waals surface area contributed by atoms with Crippen LogP contribution in [0.1, 0.15) is 0 Å². The van der Waals surface area contributed by atoms with Gasteiger partial charge in [0.25, 0.3) is 0 Å². The first-order chi connectivity index (χ1) is 7.58. The molecule has 0 aliphatic carbocycles. The maximum absolute atomic E-state index is 13.3. The second-order valence-corrected chi connectivity index (χ2v) is 5.29. The highest BCUT2D eigenvalue weighted by Crippen LogP contribution is 2.34. The Morgan fingerprint density at radius 1 is 1.06 bits per heavy atom. The molecule has 16 heavy (non-hydrogen) atoms. The van der Waals surface area contributed by atoms with Gasteiger partial charge in [-0.05, 0) is 52.4 Å². The molecule has 0 atom stereocenters. The van der Waals surface area contributed by atoms with Gasteiger partial charge in [-0.15, -0.1) is 0 Å². The highest BCUT2D eigenvalue weighted by molar-refractivity contribution is 14.1. The molecule has 0 saturated carbocycles. The first-order valence-electron chi connectivity index (χ1n) is 4.48. The quantitative estimate of drug-likeness (QED) is 0.592. The molecule has 2 aromatic rings. The standard InChI is InChI=1S/C12H6Cl2FI/c13-11-3-1-2-10(12(11)14)7-4-8(15)6-9(16)5-7/h1-6H. The Morgan fingerprint density at radius 3 is 2.50 bits per heavy atom. The van der Waals surface area contributed by atoms with Crippen molar-refractivity contribution < 1.29 is 4.39 Å². The largest absolute Gasteiger partial charge is 0.207 e. The average molecular weight is 367 g/mol. The van der Waals surface area contributed by atoms with Crippen LogP contribution in [0.4, 0.5) is 4.39 Å². The van der Waals surface area contributed by atoms with E-state index in [1.807, 2.05) is 12.1 Å². The SMILES string of the molecule is Fc1cc(I)cc(-c2cccc(Cl)c2Cl)c1. The molecule has 0 unspecified atom stereocenters. The van der Waals surface area contributed by atoms with E-state index < -0.39 is 0 Å². The van der Waals surface area contributed by atoms with Crippen molar-refractivity contribution in [1.82, 2.24) is 0 Å². The first-order valence-corrected chi connectivity index (χ1v) is 6.32. The third-order valence-corrected chi connectivity index (χ3v) is 3.57. The van der Waals surface area contributed by atoms with Crippen LogP contribution < -0.4 is 0 Å². The van der Waals surface area contributed by atoms with Crippen LogP contribution in [0.2, 0.25) is 10.0 Å². The fraction of sp³-hybridized carbons (Fsp3) is 0. The van der Waals surface area contributed by atoms with Crippen LogP contribution in [0.5, 0.6) is 0 Å². The summed E-state index contributed by atoms with van der Waals surface area (Å²) in [5.74, 6) is -0.280. The molecule has 0 aliphatic heterocycles. The van der Waals surface area contributed by atoms with Crippen LogP contribution in [0, 0.1) is 9.39 Å². The van der Waals surface area contributed by atoms with Crippen molar-refractivity contribution in [1.29, 1.82) is 0 Å². The smallest absolute Gasteiger partial charge is 0.124 e. The Labute approximate surface area is 117 Å². The van der Waals surface area contributed by atoms with E-state index in [-0.39, 0.29) is 5.82 Å². The maximum Gasteiger partial charge on any atom is 0.124 e. The Bertz CT molecular complexity index is 520. The van der Waals surface area contributed by atoms with Crippen molar-refractivity contribution in [2.45, 2.75) is 0 Å². The number of hydrogen-bond acceptors (Lipinski definition) is 0. The Hall–Kier alpha value is -0.320. The monoisotopic (exact) mass is 366 g/mol. The molecule has 82 valence electrons. The minimum atomic E-state index is -0.280. The fourth-order valence-corrected chi connectivity index (χ4v) is 2.48. The van der Waals surface area contributed by atoms with Crippen molar-refractivity contribution in [3.05, 3.63) is 55.8 Å². The van der Waals surface area contributed by atoms with Gasteiger partial charge in [0.15, 0.2) is 0 Å². The van der Waals surface area contributed by atoms with Crippen LogP contribution in [0.15, 0.2) is 36.4 Å². The molecule has 2 aromatic carbocycles. The summed E-state index contributed by atoms with van der Waals surface area (Å²) in [6.07, 6.45) is 0. The lowest BCUT2D eigenvalue weighted by molar-refractivity contribution is 0.627. The molecule has 0 saturated heterocycles. The summed E-state index contributed by atoms with van der Waals surface area (Å²) in [5, 5.41) is 0.920. The van der Waals surface area contributed by atoms with Gasteiger partial charge in [0.2, 0.25) is 0 Å². The summed E-state index contributed by atoms with van der Waals surface area (Å²) in [5.41, 5.74) is 1.48. The van der Waals surface area contributed by atoms with Gasteiger partial charge in [-0.3, -0.25) is 0 Å². The minimum absolute atomic E-state index is 0.280. The van der Waals surface area contributed by atoms with E-state index in [1.165, 1.54) is 12.1 Å². The van der Waals surface area contributed by atoms with Crippen LogP contribution in [0.25, 0.3) is 11.1 Å². The number of hydrogen-bond donors (Lipinski definition) is 0. The topological polar surface area (TPSA) is 0 Å². The lowest BCUT2D eigenvalue weighted by Gasteiger charge is -2.06. The molecule has 0 heterocycles. The van der Waals surface area contributed by atoms with Crippen LogP contribution >= 0.6 is 45.8 Å². The van der Waals surface area contributed by atoms with Crippen molar-refractivity contribution in [2.24, 2.45) is 0 Å². The molecule has 0 amide bonds. The average Bonchev–Trinajstić information content (AvgIpc) is 2.20. The maximum atomic E-state index is 13.3. The molecular weight excluding hydrogens is 361 g/mol. The summed E-state index contributed by atoms with van der Waals surface area (Å²) < 4.78 is 14.1. The Kier molecular flexibility index (Phi) is 3.72. The van der Waals surface area contributed by atoms with Gasteiger partial charge in [0, 0.05) is 9.13 Å². The second kappa shape index (κ2) is 4.90. The van der Waals surface area contributed by atoms with E-state index in [9.17, 15) is 4.39 Å². The Morgan fingerprint density at radius 2 is 1.81 bits per heavy atom. The zero-order chi connectivity index (χ0) is 11.7. The Balaban J connectivity index is 2.63. The number of halogens is 4. The van der Waals surface area contributed by atoms with Crippen molar-refractivity contribution >= 4 is 45.8 Å². The molecule has 0 fully saturated rings. The minimum Gasteiger partial charge on any atom is -0.207 e. The van der Waals surface area contributed by atoms with Gasteiger partial charge >= 0.3 is 0 Å². The van der Waals surface area contributed by atoms with Crippen molar-refractivity contribution in [2.75, 3.05) is 0 Å². The molecule has 0 aromatic heterocycles. The van der Waals surface area contributed by atoms with E-state index >= 15 is 0 Å². The first kappa shape index (κ1) is 12.1. The van der Waals surface area contributed by atoms with Crippen LogP contribution in [-0.4, -0.2) is 0 Å². The zero-order valence-corrected chi connectivity index (χ0v) is 11.6. The van der Waals surface area contributed by atoms with Crippen molar-refractivity contribution in [3.8, 4) is 11.1 Å². The molecule has 4 heteroatoms. The lowest BCUT2D eigenvalue weighted by Crippen LogP contribution is -1.84. The summed E-state index contributed by atoms with van der Waals surface area (Å²) in [7, 11) is 0. The fourth-order valence-electron chi connectivity index (χ4n) is 1.44. The van der Waals surface area contributed by atoms with Gasteiger partial charge in [-0.2, -0.15) is 0 Å². The predicted octanol–water partition coefficient (Wildman–Crippen LogP) is 5.40. The van der Waals surface area contributed by atoms with Gasteiger partial charge in [0.05, 0.1) is 10.0 Å². The van der Waals surface area contributed by atoms with Gasteiger partial charge < -0.3 is 0 Å². The second-order valence-electron chi connectivity index (χ2n) is 3.26. The summed E-state index contributed by atoms with van der Waals surface area (Å²) >= 11 is 14.1. The number of rotatable bonds is 1. The molecular formula is C12H6Cl2FI. The lowest BCUT2D eigenvalue weighted by atomic mass is 10.1. The summed E-state index contributed by atoms with van der Waals surface area (Å²) in [4.78, 5) is 0. The van der Waals surface area contributed by atoms with E-state index in [2.05, 4.69) is 22.6 Å². The number of benzene rings is 2. The third-order valence-electron chi connectivity index (χ3n) is 2.13. The molecule has 0 aliphatic rings. The van der Waals surface area contributed by atoms with E-state index in [1.54, 1.807) is 12.1 Å². The summed E-state index contributed by atoms with van der Waals surface area (Å²) in [6, 6.07) is 10.1. The van der Waals surface area contributed by atoms with Gasteiger partial charge in [0.1, 0.15) is 5.82 Å². The van der Waals surface area contributed by atoms with Crippen LogP contribution in [-0.2, 0) is 0 Å². The molecule has 0 N–H and O–H groups in total. The molecule has 0 bridgehead atoms. The van der Waals surface area contributed by atoms with E-state index in [4.69, 9.17) is 23.2 Å². The molecule has 0 nitrogen and oxygen atoms in total. The van der Waals surface area contributed by atoms with Crippen LogP contribution in [0.3, 0.4) is 0 Å². The predicted molar refractivity (Wildman–Crippen MR) is 74.6 cm³/mol. The van der Waals surface area contributed by atoms with E-state index in [0.717, 1.165) is 14.7 Å². The third kappa shape index (κ3) is 2.50. The van der Waals surface area contributed by atoms with E-state index in [0.29, 0.717) is 10.0 Å². The highest BCUT2D eigenvalue weighted by Gasteiger charge is 2.08. The van der Waals surface area contributed by atoms with Crippen molar-refractivity contribution in [3.63, 3.8) is 0 Å². The molecule has 0 spiro atoms. The highest BCUT2D eigenvalue weighted by atomic mass is 127. The summed E-state index contributed by atoms with van der Waals surface area (Å²) in [6.45, 7) is 0. The van der Waals surface area contributed by atoms with Gasteiger partial charge in [-0.25, -0.2) is 4.39 Å². The molecule has 2 rings (SSSR count). The molecule has 0 radical (unpaired) electrons. The van der Waals surface area contributed by atoms with Gasteiger partial charge in [-0.1, -0.05) is 35.3 Å². The zero-order valence-electron chi connectivity index (χ0n) is 7.98.